The molecule has 1 heterocycles. The van der Waals surface area contributed by atoms with Crippen molar-refractivity contribution in [2.75, 3.05) is 5.75 Å². The molecule has 3 nitrogen and oxygen atoms in total. The Morgan fingerprint density at radius 2 is 2.00 bits per heavy atom. The van der Waals surface area contributed by atoms with Crippen molar-refractivity contribution < 1.29 is 4.42 Å². The Kier molecular flexibility index (Phi) is 7.62. The van der Waals surface area contributed by atoms with Gasteiger partial charge in [0.1, 0.15) is 5.76 Å². The number of hydrogen-bond donors (Lipinski definition) is 1. The lowest BCUT2D eigenvalue weighted by Gasteiger charge is -1.97. The van der Waals surface area contributed by atoms with Crippen LogP contribution in [0.4, 0.5) is 0 Å². The first-order chi connectivity index (χ1) is 9.34. The van der Waals surface area contributed by atoms with E-state index in [4.69, 9.17) is 10.2 Å². The Bertz CT molecular complexity index is 538. The summed E-state index contributed by atoms with van der Waals surface area (Å²) in [6.45, 7) is 0.494. The molecule has 0 radical (unpaired) electrons. The first kappa shape index (κ1) is 16.4. The normalized spacial score (nSPS) is 11.5. The van der Waals surface area contributed by atoms with E-state index in [1.165, 1.54) is 17.3 Å². The molecular formula is C15H17ClN2OS. The highest BCUT2D eigenvalue weighted by molar-refractivity contribution is 8.13. The van der Waals surface area contributed by atoms with E-state index >= 15 is 0 Å². The van der Waals surface area contributed by atoms with Crippen molar-refractivity contribution >= 4 is 35.4 Å². The Morgan fingerprint density at radius 3 is 2.70 bits per heavy atom. The van der Waals surface area contributed by atoms with Gasteiger partial charge >= 0.3 is 0 Å². The summed E-state index contributed by atoms with van der Waals surface area (Å²) in [7, 11) is 0. The predicted octanol–water partition coefficient (Wildman–Crippen LogP) is 3.96. The third kappa shape index (κ3) is 5.99. The molecule has 1 aromatic heterocycles. The molecule has 0 atom stereocenters. The summed E-state index contributed by atoms with van der Waals surface area (Å²) in [5, 5.41) is 0.578. The second-order valence-electron chi connectivity index (χ2n) is 3.86. The van der Waals surface area contributed by atoms with Crippen molar-refractivity contribution in [2.45, 2.75) is 6.54 Å². The van der Waals surface area contributed by atoms with Gasteiger partial charge in [-0.2, -0.15) is 0 Å². The molecule has 0 bridgehead atoms. The van der Waals surface area contributed by atoms with Gasteiger partial charge in [-0.25, -0.2) is 0 Å². The van der Waals surface area contributed by atoms with Crippen LogP contribution in [0.25, 0.3) is 6.08 Å². The standard InChI is InChI=1S/C15H16N2OS.ClH/c16-15(17-12-14-9-4-10-18-14)19-11-5-8-13-6-2-1-3-7-13;/h1-10H,11-12H2,(H2,16,17);1H. The first-order valence-corrected chi connectivity index (χ1v) is 7.00. The minimum absolute atomic E-state index is 0. The minimum atomic E-state index is 0. The molecule has 0 amide bonds. The molecule has 106 valence electrons. The zero-order valence-corrected chi connectivity index (χ0v) is 12.6. The van der Waals surface area contributed by atoms with Crippen molar-refractivity contribution in [3.8, 4) is 0 Å². The van der Waals surface area contributed by atoms with Gasteiger partial charge in [0, 0.05) is 5.75 Å². The summed E-state index contributed by atoms with van der Waals surface area (Å²) in [6, 6.07) is 13.9. The van der Waals surface area contributed by atoms with E-state index in [1.807, 2.05) is 30.3 Å². The molecule has 0 aliphatic heterocycles. The summed E-state index contributed by atoms with van der Waals surface area (Å²) < 4.78 is 5.18. The Balaban J connectivity index is 0.00000200. The van der Waals surface area contributed by atoms with Crippen molar-refractivity contribution in [1.82, 2.24) is 0 Å². The highest BCUT2D eigenvalue weighted by Crippen LogP contribution is 2.07. The molecular weight excluding hydrogens is 292 g/mol. The van der Waals surface area contributed by atoms with Gasteiger partial charge < -0.3 is 10.2 Å². The van der Waals surface area contributed by atoms with Gasteiger partial charge in [-0.1, -0.05) is 54.2 Å². The molecule has 1 aromatic carbocycles. The molecule has 0 spiro atoms. The second kappa shape index (κ2) is 9.28. The summed E-state index contributed by atoms with van der Waals surface area (Å²) in [5.41, 5.74) is 7.00. The van der Waals surface area contributed by atoms with Gasteiger partial charge in [0.2, 0.25) is 0 Å². The number of benzene rings is 1. The van der Waals surface area contributed by atoms with Gasteiger partial charge in [0.25, 0.3) is 0 Å². The third-order valence-electron chi connectivity index (χ3n) is 2.41. The van der Waals surface area contributed by atoms with Crippen LogP contribution in [-0.4, -0.2) is 10.9 Å². The fourth-order valence-electron chi connectivity index (χ4n) is 1.49. The lowest BCUT2D eigenvalue weighted by Crippen LogP contribution is -2.07. The van der Waals surface area contributed by atoms with Crippen molar-refractivity contribution in [3.05, 3.63) is 66.1 Å². The van der Waals surface area contributed by atoms with Crippen molar-refractivity contribution in [3.63, 3.8) is 0 Å². The molecule has 2 N–H and O–H groups in total. The van der Waals surface area contributed by atoms with Crippen LogP contribution in [0.2, 0.25) is 0 Å². The molecule has 2 rings (SSSR count). The lowest BCUT2D eigenvalue weighted by atomic mass is 10.2. The highest BCUT2D eigenvalue weighted by Gasteiger charge is 1.95. The fourth-order valence-corrected chi connectivity index (χ4v) is 2.00. The topological polar surface area (TPSA) is 51.5 Å². The molecule has 0 saturated carbocycles. The maximum absolute atomic E-state index is 5.81. The summed E-state index contributed by atoms with van der Waals surface area (Å²) >= 11 is 1.52. The predicted molar refractivity (Wildman–Crippen MR) is 89.2 cm³/mol. The number of halogens is 1. The quantitative estimate of drug-likeness (QED) is 0.672. The Labute approximate surface area is 129 Å². The Hall–Kier alpha value is -1.65. The number of amidine groups is 1. The van der Waals surface area contributed by atoms with Crippen LogP contribution in [0.1, 0.15) is 11.3 Å². The van der Waals surface area contributed by atoms with E-state index in [0.29, 0.717) is 11.7 Å². The first-order valence-electron chi connectivity index (χ1n) is 6.01. The van der Waals surface area contributed by atoms with E-state index in [-0.39, 0.29) is 12.4 Å². The maximum Gasteiger partial charge on any atom is 0.154 e. The second-order valence-corrected chi connectivity index (χ2v) is 4.90. The molecule has 2 aromatic rings. The van der Waals surface area contributed by atoms with Crippen LogP contribution in [0.5, 0.6) is 0 Å². The fraction of sp³-hybridized carbons (Fsp3) is 0.133. The number of aliphatic imine (C=N–C) groups is 1. The number of rotatable bonds is 5. The van der Waals surface area contributed by atoms with Crippen LogP contribution in [0.3, 0.4) is 0 Å². The van der Waals surface area contributed by atoms with E-state index in [0.717, 1.165) is 11.5 Å². The average molecular weight is 309 g/mol. The van der Waals surface area contributed by atoms with Gasteiger partial charge in [0.05, 0.1) is 12.8 Å². The monoisotopic (exact) mass is 308 g/mol. The summed E-state index contributed by atoms with van der Waals surface area (Å²) in [6.07, 6.45) is 5.79. The number of furan rings is 1. The zero-order valence-electron chi connectivity index (χ0n) is 10.9. The van der Waals surface area contributed by atoms with Gasteiger partial charge in [-0.15, -0.1) is 12.4 Å². The van der Waals surface area contributed by atoms with Crippen molar-refractivity contribution in [1.29, 1.82) is 0 Å². The lowest BCUT2D eigenvalue weighted by molar-refractivity contribution is 0.513. The van der Waals surface area contributed by atoms with Gasteiger partial charge in [-0.05, 0) is 17.7 Å². The number of thioether (sulfide) groups is 1. The van der Waals surface area contributed by atoms with Crippen LogP contribution >= 0.6 is 24.2 Å². The average Bonchev–Trinajstić information content (AvgIpc) is 2.96. The number of nitrogens with zero attached hydrogens (tertiary/aromatic N) is 1. The number of hydrogen-bond acceptors (Lipinski definition) is 3. The highest BCUT2D eigenvalue weighted by atomic mass is 35.5. The van der Waals surface area contributed by atoms with E-state index in [2.05, 4.69) is 29.3 Å². The molecule has 5 heteroatoms. The van der Waals surface area contributed by atoms with Crippen LogP contribution in [0.15, 0.2) is 64.2 Å². The molecule has 0 unspecified atom stereocenters. The zero-order chi connectivity index (χ0) is 13.3. The smallest absolute Gasteiger partial charge is 0.154 e. The SMILES string of the molecule is Cl.NC(=NCc1ccco1)SCC=Cc1ccccc1. The molecule has 0 aliphatic rings. The van der Waals surface area contributed by atoms with E-state index in [9.17, 15) is 0 Å². The van der Waals surface area contributed by atoms with E-state index in [1.54, 1.807) is 6.26 Å². The third-order valence-corrected chi connectivity index (χ3v) is 3.19. The van der Waals surface area contributed by atoms with Crippen LogP contribution in [0, 0.1) is 0 Å². The van der Waals surface area contributed by atoms with Crippen molar-refractivity contribution in [2.24, 2.45) is 10.7 Å². The van der Waals surface area contributed by atoms with Crippen LogP contribution < -0.4 is 5.73 Å². The van der Waals surface area contributed by atoms with Crippen LogP contribution in [-0.2, 0) is 6.54 Å². The minimum Gasteiger partial charge on any atom is -0.467 e. The molecule has 20 heavy (non-hydrogen) atoms. The van der Waals surface area contributed by atoms with Gasteiger partial charge in [0.15, 0.2) is 5.17 Å². The summed E-state index contributed by atoms with van der Waals surface area (Å²) in [5.74, 6) is 1.63. The summed E-state index contributed by atoms with van der Waals surface area (Å²) in [4.78, 5) is 4.24. The Morgan fingerprint density at radius 1 is 1.20 bits per heavy atom. The number of nitrogens with two attached hydrogens (primary N) is 1. The van der Waals surface area contributed by atoms with E-state index < -0.39 is 0 Å². The maximum atomic E-state index is 5.81. The molecule has 0 fully saturated rings. The van der Waals surface area contributed by atoms with Gasteiger partial charge in [-0.3, -0.25) is 4.99 Å². The molecule has 0 aliphatic carbocycles. The molecule has 0 saturated heterocycles. The largest absolute Gasteiger partial charge is 0.467 e.